The number of alkyl halides is 5. The molecule has 1 aliphatic rings. The lowest BCUT2D eigenvalue weighted by Crippen LogP contribution is -2.56. The van der Waals surface area contributed by atoms with Crippen molar-refractivity contribution in [3.63, 3.8) is 0 Å². The van der Waals surface area contributed by atoms with Crippen molar-refractivity contribution in [2.24, 2.45) is 11.0 Å². The van der Waals surface area contributed by atoms with Crippen molar-refractivity contribution in [1.29, 1.82) is 0 Å². The van der Waals surface area contributed by atoms with Crippen LogP contribution in [0.2, 0.25) is 0 Å². The molecule has 0 amide bonds. The fourth-order valence-corrected chi connectivity index (χ4v) is 1.77. The lowest BCUT2D eigenvalue weighted by molar-refractivity contribution is -0.334. The molecule has 0 aliphatic carbocycles. The van der Waals surface area contributed by atoms with Gasteiger partial charge in [-0.25, -0.2) is 0 Å². The van der Waals surface area contributed by atoms with Gasteiger partial charge in [0, 0.05) is 6.54 Å². The predicted molar refractivity (Wildman–Crippen MR) is 57.0 cm³/mol. The summed E-state index contributed by atoms with van der Waals surface area (Å²) >= 11 is 0. The second-order valence-corrected chi connectivity index (χ2v) is 4.54. The minimum absolute atomic E-state index is 0.00347. The molecule has 0 bridgehead atoms. The van der Waals surface area contributed by atoms with Crippen molar-refractivity contribution in [3.8, 4) is 0 Å². The zero-order valence-corrected chi connectivity index (χ0v) is 10.4. The van der Waals surface area contributed by atoms with Crippen molar-refractivity contribution in [2.75, 3.05) is 6.54 Å². The van der Waals surface area contributed by atoms with Gasteiger partial charge in [0.15, 0.2) is 0 Å². The third kappa shape index (κ3) is 2.67. The standard InChI is InChI=1S/C10H16F5N3/c1-4-18-8(5-7(2)3)17(6-16-18)10(14,15)9(11,12)13/h6-8H,4-5H2,1-3H3. The molecule has 0 N–H and O–H groups in total. The molecule has 1 aliphatic heterocycles. The van der Waals surface area contributed by atoms with E-state index in [1.165, 1.54) is 5.01 Å². The highest BCUT2D eigenvalue weighted by atomic mass is 19.4. The van der Waals surface area contributed by atoms with Crippen LogP contribution in [-0.2, 0) is 0 Å². The van der Waals surface area contributed by atoms with Crippen molar-refractivity contribution < 1.29 is 22.0 Å². The monoisotopic (exact) mass is 273 g/mol. The highest BCUT2D eigenvalue weighted by Gasteiger charge is 2.64. The van der Waals surface area contributed by atoms with E-state index in [1.54, 1.807) is 20.8 Å². The van der Waals surface area contributed by atoms with Gasteiger partial charge < -0.3 is 0 Å². The first-order valence-corrected chi connectivity index (χ1v) is 5.65. The first-order valence-electron chi connectivity index (χ1n) is 5.65. The van der Waals surface area contributed by atoms with E-state index in [0.717, 1.165) is 0 Å². The van der Waals surface area contributed by atoms with Crippen LogP contribution in [0, 0.1) is 5.92 Å². The summed E-state index contributed by atoms with van der Waals surface area (Å²) in [6.45, 7) is 5.45. The SMILES string of the molecule is CCN1N=CN(C(F)(F)C(F)(F)F)C1CC(C)C. The molecule has 0 saturated heterocycles. The maximum atomic E-state index is 13.3. The zero-order valence-electron chi connectivity index (χ0n) is 10.4. The molecule has 0 spiro atoms. The Morgan fingerprint density at radius 1 is 1.22 bits per heavy atom. The van der Waals surface area contributed by atoms with Gasteiger partial charge in [0.25, 0.3) is 0 Å². The average Bonchev–Trinajstić information content (AvgIpc) is 2.58. The summed E-state index contributed by atoms with van der Waals surface area (Å²) in [6.07, 6.45) is -5.92. The van der Waals surface area contributed by atoms with Crippen molar-refractivity contribution in [2.45, 2.75) is 45.6 Å². The van der Waals surface area contributed by atoms with Crippen LogP contribution in [0.25, 0.3) is 0 Å². The molecule has 1 atom stereocenters. The summed E-state index contributed by atoms with van der Waals surface area (Å²) in [7, 11) is 0. The molecule has 1 rings (SSSR count). The summed E-state index contributed by atoms with van der Waals surface area (Å²) in [5.74, 6) is -0.0164. The van der Waals surface area contributed by atoms with Gasteiger partial charge in [0.05, 0.1) is 0 Å². The Balaban J connectivity index is 2.97. The van der Waals surface area contributed by atoms with E-state index in [2.05, 4.69) is 5.10 Å². The van der Waals surface area contributed by atoms with Crippen LogP contribution in [0.4, 0.5) is 22.0 Å². The Morgan fingerprint density at radius 2 is 1.78 bits per heavy atom. The van der Waals surface area contributed by atoms with Crippen LogP contribution in [0.5, 0.6) is 0 Å². The molecule has 0 aromatic rings. The Hall–Kier alpha value is -1.08. The Kier molecular flexibility index (Phi) is 4.07. The molecule has 0 fully saturated rings. The average molecular weight is 273 g/mol. The zero-order chi connectivity index (χ0) is 14.1. The maximum Gasteiger partial charge on any atom is 0.475 e. The van der Waals surface area contributed by atoms with E-state index < -0.39 is 18.4 Å². The first kappa shape index (κ1) is 15.0. The molecule has 106 valence electrons. The fourth-order valence-electron chi connectivity index (χ4n) is 1.77. The number of halogens is 5. The molecule has 0 saturated carbocycles. The molecule has 3 nitrogen and oxygen atoms in total. The highest BCUT2D eigenvalue weighted by molar-refractivity contribution is 5.58. The molecule has 0 aromatic carbocycles. The predicted octanol–water partition coefficient (Wildman–Crippen LogP) is 3.09. The van der Waals surface area contributed by atoms with Crippen LogP contribution in [0.1, 0.15) is 27.2 Å². The molecular weight excluding hydrogens is 257 g/mol. The van der Waals surface area contributed by atoms with Gasteiger partial charge in [-0.2, -0.15) is 27.1 Å². The van der Waals surface area contributed by atoms with Gasteiger partial charge in [-0.15, -0.1) is 0 Å². The third-order valence-electron chi connectivity index (χ3n) is 2.66. The first-order chi connectivity index (χ1) is 8.11. The van der Waals surface area contributed by atoms with Crippen molar-refractivity contribution in [1.82, 2.24) is 9.91 Å². The van der Waals surface area contributed by atoms with Gasteiger partial charge in [0.1, 0.15) is 12.5 Å². The van der Waals surface area contributed by atoms with Gasteiger partial charge in [-0.3, -0.25) is 9.91 Å². The second-order valence-electron chi connectivity index (χ2n) is 4.54. The quantitative estimate of drug-likeness (QED) is 0.579. The highest BCUT2D eigenvalue weighted by Crippen LogP contribution is 2.41. The molecule has 1 heterocycles. The number of rotatable bonds is 4. The van der Waals surface area contributed by atoms with Crippen LogP contribution in [-0.4, -0.2) is 41.2 Å². The largest absolute Gasteiger partial charge is 0.475 e. The minimum Gasteiger partial charge on any atom is -0.273 e. The molecule has 0 aromatic heterocycles. The van der Waals surface area contributed by atoms with Crippen LogP contribution < -0.4 is 0 Å². The smallest absolute Gasteiger partial charge is 0.273 e. The van der Waals surface area contributed by atoms with Gasteiger partial charge in [0.2, 0.25) is 0 Å². The molecule has 8 heteroatoms. The lowest BCUT2D eigenvalue weighted by Gasteiger charge is -2.36. The maximum absolute atomic E-state index is 13.3. The molecule has 18 heavy (non-hydrogen) atoms. The van der Waals surface area contributed by atoms with E-state index in [9.17, 15) is 22.0 Å². The van der Waals surface area contributed by atoms with E-state index in [1.807, 2.05) is 0 Å². The number of hydrogen-bond donors (Lipinski definition) is 0. The van der Waals surface area contributed by atoms with E-state index in [4.69, 9.17) is 0 Å². The summed E-state index contributed by atoms with van der Waals surface area (Å²) in [4.78, 5) is -0.00347. The van der Waals surface area contributed by atoms with E-state index in [0.29, 0.717) is 6.34 Å². The van der Waals surface area contributed by atoms with Gasteiger partial charge >= 0.3 is 12.2 Å². The van der Waals surface area contributed by atoms with Crippen LogP contribution >= 0.6 is 0 Å². The van der Waals surface area contributed by atoms with E-state index >= 15 is 0 Å². The third-order valence-corrected chi connectivity index (χ3v) is 2.66. The molecule has 1 unspecified atom stereocenters. The van der Waals surface area contributed by atoms with Crippen LogP contribution in [0.3, 0.4) is 0 Å². The minimum atomic E-state index is -5.61. The summed E-state index contributed by atoms with van der Waals surface area (Å²) in [5, 5.41) is 4.84. The topological polar surface area (TPSA) is 18.8 Å². The van der Waals surface area contributed by atoms with Crippen LogP contribution in [0.15, 0.2) is 5.10 Å². The van der Waals surface area contributed by atoms with Gasteiger partial charge in [-0.1, -0.05) is 13.8 Å². The Labute approximate surface area is 102 Å². The van der Waals surface area contributed by atoms with Gasteiger partial charge in [-0.05, 0) is 19.3 Å². The Bertz CT molecular complexity index is 313. The normalized spacial score (nSPS) is 21.3. The fraction of sp³-hybridized carbons (Fsp3) is 0.900. The number of hydrogen-bond acceptors (Lipinski definition) is 3. The summed E-state index contributed by atoms with van der Waals surface area (Å²) < 4.78 is 63.7. The van der Waals surface area contributed by atoms with Crippen molar-refractivity contribution >= 4 is 6.34 Å². The summed E-state index contributed by atoms with van der Waals surface area (Å²) in [6, 6.07) is -4.90. The second kappa shape index (κ2) is 4.89. The number of hydrazone groups is 1. The van der Waals surface area contributed by atoms with Crippen molar-refractivity contribution in [3.05, 3.63) is 0 Å². The molecule has 0 radical (unpaired) electrons. The lowest BCUT2D eigenvalue weighted by atomic mass is 10.1. The number of nitrogens with zero attached hydrogens (tertiary/aromatic N) is 3. The molecular formula is C10H16F5N3. The summed E-state index contributed by atoms with van der Waals surface area (Å²) in [5.41, 5.74) is 0. The van der Waals surface area contributed by atoms with E-state index in [-0.39, 0.29) is 23.8 Å². The Morgan fingerprint density at radius 3 is 2.17 bits per heavy atom.